The molecule has 0 atom stereocenters. The summed E-state index contributed by atoms with van der Waals surface area (Å²) in [6.45, 7) is 4.87. The smallest absolute Gasteiger partial charge is 0.251 e. The molecule has 0 radical (unpaired) electrons. The summed E-state index contributed by atoms with van der Waals surface area (Å²) < 4.78 is 0. The number of hydrogen-bond acceptors (Lipinski definition) is 3. The number of rotatable bonds is 10. The van der Waals surface area contributed by atoms with Gasteiger partial charge in [0.15, 0.2) is 5.96 Å². The van der Waals surface area contributed by atoms with E-state index < -0.39 is 0 Å². The number of amides is 2. The summed E-state index contributed by atoms with van der Waals surface area (Å²) in [7, 11) is 1.63. The van der Waals surface area contributed by atoms with Crippen LogP contribution in [0, 0.1) is 5.92 Å². The highest BCUT2D eigenvalue weighted by Gasteiger charge is 2.24. The second kappa shape index (κ2) is 14.2. The van der Waals surface area contributed by atoms with E-state index in [2.05, 4.69) is 26.3 Å². The number of hydrogen-bond donors (Lipinski definition) is 4. The van der Waals surface area contributed by atoms with Crippen molar-refractivity contribution < 1.29 is 9.59 Å². The van der Waals surface area contributed by atoms with Crippen LogP contribution in [0.3, 0.4) is 0 Å². The number of aliphatic imine (C=N–C) groups is 1. The number of carbonyl (C=O) groups excluding carboxylic acids is 2. The summed E-state index contributed by atoms with van der Waals surface area (Å²) >= 11 is 0. The molecule has 0 aromatic heterocycles. The molecule has 0 unspecified atom stereocenters. The highest BCUT2D eigenvalue weighted by atomic mass is 127. The molecular formula is C21H34IN5O2. The second-order valence-electron chi connectivity index (χ2n) is 6.99. The van der Waals surface area contributed by atoms with Crippen molar-refractivity contribution in [3.8, 4) is 0 Å². The predicted octanol–water partition coefficient (Wildman–Crippen LogP) is 2.07. The molecule has 0 bridgehead atoms. The molecule has 1 aliphatic rings. The van der Waals surface area contributed by atoms with Crippen molar-refractivity contribution in [2.45, 2.75) is 39.0 Å². The van der Waals surface area contributed by atoms with E-state index in [9.17, 15) is 9.59 Å². The van der Waals surface area contributed by atoms with Gasteiger partial charge in [-0.2, -0.15) is 0 Å². The van der Waals surface area contributed by atoms with E-state index in [-0.39, 0.29) is 41.7 Å². The third kappa shape index (κ3) is 9.01. The summed E-state index contributed by atoms with van der Waals surface area (Å²) in [5.41, 5.74) is 1.77. The van der Waals surface area contributed by atoms with Crippen molar-refractivity contribution in [1.82, 2.24) is 21.3 Å². The molecular weight excluding hydrogens is 481 g/mol. The van der Waals surface area contributed by atoms with Crippen LogP contribution in [0.2, 0.25) is 0 Å². The zero-order valence-electron chi connectivity index (χ0n) is 17.4. The highest BCUT2D eigenvalue weighted by Crippen LogP contribution is 2.25. The Bertz CT molecular complexity index is 677. The minimum Gasteiger partial charge on any atom is -0.357 e. The van der Waals surface area contributed by atoms with Gasteiger partial charge in [-0.25, -0.2) is 0 Å². The Balaban J connectivity index is 0.00000420. The standard InChI is InChI=1S/C21H33N5O2.HI/c1-3-23-21(25-13-6-12-24-20(28)17-8-5-9-17)26-14-11-16-7-4-10-18(15-16)19(27)22-2;/h4,7,10,15,17H,3,5-6,8-9,11-14H2,1-2H3,(H,22,27)(H,24,28)(H2,23,25,26);1H. The van der Waals surface area contributed by atoms with Gasteiger partial charge in [0.05, 0.1) is 0 Å². The first-order chi connectivity index (χ1) is 13.6. The molecule has 7 nitrogen and oxygen atoms in total. The SMILES string of the molecule is CCNC(=NCCCNC(=O)C1CCC1)NCCc1cccc(C(=O)NC)c1.I. The van der Waals surface area contributed by atoms with Crippen LogP contribution in [0.15, 0.2) is 29.3 Å². The fourth-order valence-electron chi connectivity index (χ4n) is 2.98. The zero-order valence-corrected chi connectivity index (χ0v) is 19.8. The van der Waals surface area contributed by atoms with E-state index >= 15 is 0 Å². The summed E-state index contributed by atoms with van der Waals surface area (Å²) in [6.07, 6.45) is 4.86. The maximum atomic E-state index is 11.8. The first kappa shape index (κ1) is 25.2. The Morgan fingerprint density at radius 2 is 1.93 bits per heavy atom. The zero-order chi connectivity index (χ0) is 20.2. The average molecular weight is 515 g/mol. The molecule has 1 saturated carbocycles. The number of nitrogens with zero attached hydrogens (tertiary/aromatic N) is 1. The van der Waals surface area contributed by atoms with Crippen molar-refractivity contribution in [2.75, 3.05) is 33.2 Å². The summed E-state index contributed by atoms with van der Waals surface area (Å²) in [6, 6.07) is 7.64. The fraction of sp³-hybridized carbons (Fsp3) is 0.571. The highest BCUT2D eigenvalue weighted by molar-refractivity contribution is 14.0. The lowest BCUT2D eigenvalue weighted by molar-refractivity contribution is -0.127. The van der Waals surface area contributed by atoms with E-state index in [0.717, 1.165) is 50.3 Å². The lowest BCUT2D eigenvalue weighted by Gasteiger charge is -2.23. The molecule has 1 aromatic rings. The predicted molar refractivity (Wildman–Crippen MR) is 128 cm³/mol. The molecule has 0 spiro atoms. The van der Waals surface area contributed by atoms with E-state index in [4.69, 9.17) is 0 Å². The molecule has 4 N–H and O–H groups in total. The lowest BCUT2D eigenvalue weighted by Crippen LogP contribution is -2.38. The van der Waals surface area contributed by atoms with Crippen molar-refractivity contribution in [3.63, 3.8) is 0 Å². The quantitative estimate of drug-likeness (QED) is 0.166. The molecule has 2 rings (SSSR count). The van der Waals surface area contributed by atoms with E-state index in [0.29, 0.717) is 18.7 Å². The molecule has 1 aliphatic carbocycles. The normalized spacial score (nSPS) is 13.7. The van der Waals surface area contributed by atoms with Gasteiger partial charge in [-0.1, -0.05) is 18.6 Å². The molecule has 0 aliphatic heterocycles. The Morgan fingerprint density at radius 3 is 2.59 bits per heavy atom. The molecule has 2 amide bonds. The summed E-state index contributed by atoms with van der Waals surface area (Å²) in [5.74, 6) is 1.13. The van der Waals surface area contributed by atoms with Gasteiger partial charge in [-0.05, 0) is 50.3 Å². The average Bonchev–Trinajstić information content (AvgIpc) is 2.66. The van der Waals surface area contributed by atoms with E-state index in [1.807, 2.05) is 31.2 Å². The Morgan fingerprint density at radius 1 is 1.14 bits per heavy atom. The molecule has 0 heterocycles. The van der Waals surface area contributed by atoms with E-state index in [1.165, 1.54) is 6.42 Å². The molecule has 162 valence electrons. The van der Waals surface area contributed by atoms with Crippen LogP contribution in [-0.4, -0.2) is 51.0 Å². The van der Waals surface area contributed by atoms with Crippen LogP contribution >= 0.6 is 24.0 Å². The molecule has 1 aromatic carbocycles. The maximum absolute atomic E-state index is 11.8. The minimum atomic E-state index is -0.0749. The van der Waals surface area contributed by atoms with Crippen molar-refractivity contribution >= 4 is 41.8 Å². The van der Waals surface area contributed by atoms with E-state index in [1.54, 1.807) is 7.05 Å². The Hall–Kier alpha value is -1.84. The minimum absolute atomic E-state index is 0. The van der Waals surface area contributed by atoms with Crippen LogP contribution in [0.4, 0.5) is 0 Å². The van der Waals surface area contributed by atoms with Crippen molar-refractivity contribution in [1.29, 1.82) is 0 Å². The van der Waals surface area contributed by atoms with Crippen LogP contribution in [0.1, 0.15) is 48.5 Å². The molecule has 1 fully saturated rings. The summed E-state index contributed by atoms with van der Waals surface area (Å²) in [4.78, 5) is 28.1. The van der Waals surface area contributed by atoms with Crippen LogP contribution in [0.25, 0.3) is 0 Å². The number of nitrogens with one attached hydrogen (secondary N) is 4. The molecule has 8 heteroatoms. The lowest BCUT2D eigenvalue weighted by atomic mass is 9.85. The fourth-order valence-corrected chi connectivity index (χ4v) is 2.98. The van der Waals surface area contributed by atoms with Crippen LogP contribution < -0.4 is 21.3 Å². The summed E-state index contributed by atoms with van der Waals surface area (Å²) in [5, 5.41) is 12.2. The van der Waals surface area contributed by atoms with Crippen molar-refractivity contribution in [3.05, 3.63) is 35.4 Å². The van der Waals surface area contributed by atoms with Gasteiger partial charge in [0.1, 0.15) is 0 Å². The van der Waals surface area contributed by atoms with Gasteiger partial charge >= 0.3 is 0 Å². The monoisotopic (exact) mass is 515 g/mol. The van der Waals surface area contributed by atoms with Crippen LogP contribution in [-0.2, 0) is 11.2 Å². The number of guanidine groups is 1. The van der Waals surface area contributed by atoms with Crippen LogP contribution in [0.5, 0.6) is 0 Å². The second-order valence-corrected chi connectivity index (χ2v) is 6.99. The molecule has 0 saturated heterocycles. The van der Waals surface area contributed by atoms with Gasteiger partial charge in [0, 0.05) is 44.7 Å². The topological polar surface area (TPSA) is 94.6 Å². The van der Waals surface area contributed by atoms with Gasteiger partial charge in [0.25, 0.3) is 5.91 Å². The number of halogens is 1. The Labute approximate surface area is 190 Å². The third-order valence-electron chi connectivity index (χ3n) is 4.85. The largest absolute Gasteiger partial charge is 0.357 e. The third-order valence-corrected chi connectivity index (χ3v) is 4.85. The Kier molecular flexibility index (Phi) is 12.3. The van der Waals surface area contributed by atoms with Gasteiger partial charge < -0.3 is 21.3 Å². The maximum Gasteiger partial charge on any atom is 0.251 e. The first-order valence-electron chi connectivity index (χ1n) is 10.2. The van der Waals surface area contributed by atoms with Gasteiger partial charge in [0.2, 0.25) is 5.91 Å². The van der Waals surface area contributed by atoms with Crippen molar-refractivity contribution in [2.24, 2.45) is 10.9 Å². The molecule has 29 heavy (non-hydrogen) atoms. The van der Waals surface area contributed by atoms with Gasteiger partial charge in [-0.15, -0.1) is 24.0 Å². The number of carbonyl (C=O) groups is 2. The number of benzene rings is 1. The first-order valence-corrected chi connectivity index (χ1v) is 10.2. The van der Waals surface area contributed by atoms with Gasteiger partial charge in [-0.3, -0.25) is 14.6 Å².